The van der Waals surface area contributed by atoms with Crippen LogP contribution in [-0.2, 0) is 22.1 Å². The number of fused-ring (bicyclic) bond motifs is 1. The van der Waals surface area contributed by atoms with Gasteiger partial charge in [0.1, 0.15) is 6.26 Å². The molecule has 1 aliphatic heterocycles. The zero-order chi connectivity index (χ0) is 16.3. The summed E-state index contributed by atoms with van der Waals surface area (Å²) >= 11 is 3.82. The van der Waals surface area contributed by atoms with Crippen molar-refractivity contribution in [3.63, 3.8) is 0 Å². The molecule has 2 aliphatic rings. The number of rotatable bonds is 6. The van der Waals surface area contributed by atoms with Crippen LogP contribution in [-0.4, -0.2) is 24.0 Å². The van der Waals surface area contributed by atoms with Crippen molar-refractivity contribution in [1.82, 2.24) is 10.4 Å². The van der Waals surface area contributed by atoms with Gasteiger partial charge in [-0.25, -0.2) is 0 Å². The van der Waals surface area contributed by atoms with Crippen LogP contribution in [0.15, 0.2) is 30.5 Å². The van der Waals surface area contributed by atoms with E-state index in [0.717, 1.165) is 6.42 Å². The molecule has 2 unspecified atom stereocenters. The number of aryl methyl sites for hydroxylation is 1. The maximum atomic E-state index is 5.27. The predicted octanol–water partition coefficient (Wildman–Crippen LogP) is 4.26. The minimum Gasteiger partial charge on any atom is -0.415 e. The molecule has 0 fully saturated rings. The molecule has 1 aromatic carbocycles. The summed E-state index contributed by atoms with van der Waals surface area (Å²) in [5.74, 6) is 0. The van der Waals surface area contributed by atoms with Gasteiger partial charge in [-0.1, -0.05) is 48.0 Å². The van der Waals surface area contributed by atoms with Crippen molar-refractivity contribution in [2.75, 3.05) is 13.1 Å². The van der Waals surface area contributed by atoms with E-state index in [2.05, 4.69) is 58.4 Å². The van der Waals surface area contributed by atoms with Gasteiger partial charge < -0.3 is 9.74 Å². The summed E-state index contributed by atoms with van der Waals surface area (Å²) in [6.45, 7) is 6.97. The van der Waals surface area contributed by atoms with E-state index in [1.54, 1.807) is 6.26 Å². The number of hydrogen-bond acceptors (Lipinski definition) is 3. The number of nitrogens with one attached hydrogen (secondary N) is 1. The van der Waals surface area contributed by atoms with Gasteiger partial charge in [0.2, 0.25) is 0 Å². The van der Waals surface area contributed by atoms with Crippen LogP contribution in [0.25, 0.3) is 0 Å². The fourth-order valence-corrected chi connectivity index (χ4v) is 4.47. The molecule has 0 saturated heterocycles. The molecule has 4 heteroatoms. The minimum absolute atomic E-state index is 0.388. The number of hydroxylamine groups is 1. The number of hydrogen-bond donors (Lipinski definition) is 1. The number of alkyl halides is 1. The molecule has 0 aromatic heterocycles. The predicted molar refractivity (Wildman–Crippen MR) is 98.4 cm³/mol. The Labute approximate surface area is 148 Å². The molecule has 3 nitrogen and oxygen atoms in total. The monoisotopic (exact) mass is 378 g/mol. The third-order valence-electron chi connectivity index (χ3n) is 4.96. The lowest BCUT2D eigenvalue weighted by Crippen LogP contribution is -2.41. The highest BCUT2D eigenvalue weighted by atomic mass is 79.9. The van der Waals surface area contributed by atoms with Crippen molar-refractivity contribution >= 4 is 15.9 Å². The van der Waals surface area contributed by atoms with E-state index in [0.29, 0.717) is 6.04 Å². The fraction of sp³-hybridized carbons (Fsp3) is 0.579. The molecule has 3 rings (SSSR count). The molecule has 2 atom stereocenters. The van der Waals surface area contributed by atoms with E-state index in [4.69, 9.17) is 4.84 Å². The zero-order valence-corrected chi connectivity index (χ0v) is 15.7. The molecule has 1 aromatic rings. The van der Waals surface area contributed by atoms with Gasteiger partial charge in [-0.05, 0) is 68.0 Å². The van der Waals surface area contributed by atoms with E-state index < -0.39 is 0 Å². The lowest BCUT2D eigenvalue weighted by atomic mass is 9.82. The van der Waals surface area contributed by atoms with Crippen molar-refractivity contribution in [1.29, 1.82) is 0 Å². The standard InChI is InChI=1S/C19H27BrN2O/c1-3-11-22(12-4-2)16-9-8-15-6-5-7-18(17(15)14-16)19(20)10-13-23-21-19/h5-7,10,13,16,21H,3-4,8-9,11-12,14H2,1-2H3. The molecular formula is C19H27BrN2O. The van der Waals surface area contributed by atoms with Gasteiger partial charge in [-0.3, -0.25) is 0 Å². The Balaban J connectivity index is 1.88. The van der Waals surface area contributed by atoms with Crippen molar-refractivity contribution in [3.05, 3.63) is 47.2 Å². The van der Waals surface area contributed by atoms with Crippen molar-refractivity contribution in [2.24, 2.45) is 0 Å². The van der Waals surface area contributed by atoms with Gasteiger partial charge in [0.25, 0.3) is 0 Å². The second kappa shape index (κ2) is 7.37. The number of benzene rings is 1. The van der Waals surface area contributed by atoms with Gasteiger partial charge >= 0.3 is 0 Å². The van der Waals surface area contributed by atoms with Gasteiger partial charge in [-0.15, -0.1) is 5.48 Å². The molecule has 0 radical (unpaired) electrons. The van der Waals surface area contributed by atoms with Crippen molar-refractivity contribution in [3.8, 4) is 0 Å². The average Bonchev–Trinajstić information content (AvgIpc) is 3.01. The molecule has 1 heterocycles. The molecular weight excluding hydrogens is 352 g/mol. The Hall–Kier alpha value is -0.840. The Morgan fingerprint density at radius 1 is 1.30 bits per heavy atom. The second-order valence-electron chi connectivity index (χ2n) is 6.61. The summed E-state index contributed by atoms with van der Waals surface area (Å²) in [7, 11) is 0. The van der Waals surface area contributed by atoms with Crippen LogP contribution < -0.4 is 5.48 Å². The summed E-state index contributed by atoms with van der Waals surface area (Å²) in [6.07, 6.45) is 9.79. The van der Waals surface area contributed by atoms with Crippen molar-refractivity contribution < 1.29 is 4.84 Å². The summed E-state index contributed by atoms with van der Waals surface area (Å²) in [5.41, 5.74) is 7.36. The average molecular weight is 379 g/mol. The topological polar surface area (TPSA) is 24.5 Å². The van der Waals surface area contributed by atoms with E-state index in [-0.39, 0.29) is 4.45 Å². The Morgan fingerprint density at radius 2 is 2.09 bits per heavy atom. The SMILES string of the molecule is CCCN(CCC)C1CCc2cccc(C3(Br)C=CON3)c2C1. The van der Waals surface area contributed by atoms with Gasteiger partial charge in [0, 0.05) is 6.04 Å². The quantitative estimate of drug-likeness (QED) is 0.590. The molecule has 1 N–H and O–H groups in total. The molecule has 0 spiro atoms. The molecule has 1 aliphatic carbocycles. The summed E-state index contributed by atoms with van der Waals surface area (Å²) in [6, 6.07) is 7.33. The largest absolute Gasteiger partial charge is 0.415 e. The molecule has 126 valence electrons. The number of nitrogens with zero attached hydrogens (tertiary/aromatic N) is 1. The Bertz CT molecular complexity index is 568. The van der Waals surface area contributed by atoms with Crippen LogP contribution in [0, 0.1) is 0 Å². The van der Waals surface area contributed by atoms with E-state index in [1.807, 2.05) is 6.08 Å². The van der Waals surface area contributed by atoms with Gasteiger partial charge in [0.05, 0.1) is 0 Å². The normalized spacial score (nSPS) is 26.3. The molecule has 0 saturated carbocycles. The first-order valence-electron chi connectivity index (χ1n) is 8.82. The first-order valence-corrected chi connectivity index (χ1v) is 9.62. The summed E-state index contributed by atoms with van der Waals surface area (Å²) < 4.78 is -0.388. The number of halogens is 1. The van der Waals surface area contributed by atoms with E-state index >= 15 is 0 Å². The summed E-state index contributed by atoms with van der Waals surface area (Å²) in [5, 5.41) is 0. The van der Waals surface area contributed by atoms with E-state index in [1.165, 1.54) is 55.5 Å². The van der Waals surface area contributed by atoms with Gasteiger partial charge in [-0.2, -0.15) is 0 Å². The van der Waals surface area contributed by atoms with Crippen LogP contribution in [0.3, 0.4) is 0 Å². The van der Waals surface area contributed by atoms with Crippen LogP contribution in [0.4, 0.5) is 0 Å². The Morgan fingerprint density at radius 3 is 2.74 bits per heavy atom. The zero-order valence-electron chi connectivity index (χ0n) is 14.1. The molecule has 0 amide bonds. The first-order chi connectivity index (χ1) is 11.2. The minimum atomic E-state index is -0.388. The van der Waals surface area contributed by atoms with Gasteiger partial charge in [0.15, 0.2) is 4.45 Å². The molecule has 0 bridgehead atoms. The third-order valence-corrected chi connectivity index (χ3v) is 5.82. The van der Waals surface area contributed by atoms with Crippen LogP contribution in [0.5, 0.6) is 0 Å². The van der Waals surface area contributed by atoms with Crippen LogP contribution in [0.2, 0.25) is 0 Å². The third kappa shape index (κ3) is 3.49. The van der Waals surface area contributed by atoms with E-state index in [9.17, 15) is 0 Å². The van der Waals surface area contributed by atoms with Crippen LogP contribution >= 0.6 is 15.9 Å². The highest BCUT2D eigenvalue weighted by molar-refractivity contribution is 9.09. The maximum Gasteiger partial charge on any atom is 0.155 e. The smallest absolute Gasteiger partial charge is 0.155 e. The van der Waals surface area contributed by atoms with Crippen molar-refractivity contribution in [2.45, 2.75) is 56.4 Å². The lowest BCUT2D eigenvalue weighted by molar-refractivity contribution is 0.132. The van der Waals surface area contributed by atoms with Crippen LogP contribution in [0.1, 0.15) is 49.8 Å². The highest BCUT2D eigenvalue weighted by Crippen LogP contribution is 2.39. The lowest BCUT2D eigenvalue weighted by Gasteiger charge is -2.37. The fourth-order valence-electron chi connectivity index (χ4n) is 3.90. The Kier molecular flexibility index (Phi) is 5.45. The summed E-state index contributed by atoms with van der Waals surface area (Å²) in [4.78, 5) is 7.96. The highest BCUT2D eigenvalue weighted by Gasteiger charge is 2.35. The second-order valence-corrected chi connectivity index (χ2v) is 7.86. The first kappa shape index (κ1) is 17.0. The maximum absolute atomic E-state index is 5.27. The molecule has 23 heavy (non-hydrogen) atoms.